The molecule has 0 bridgehead atoms. The molecule has 0 unspecified atom stereocenters. The SMILES string of the molecule is c1ccc2c(N(c3ccc4c(c3)oc3c5ccccc5ccc43)c3cc4ccccc4c4ccccc34)cccc2c1. The largest absolute Gasteiger partial charge is 0.455 e. The summed E-state index contributed by atoms with van der Waals surface area (Å²) in [7, 11) is 0. The minimum Gasteiger partial charge on any atom is -0.455 e. The van der Waals surface area contributed by atoms with Crippen LogP contribution in [0.4, 0.5) is 17.1 Å². The molecule has 9 rings (SSSR count). The number of anilines is 3. The normalized spacial score (nSPS) is 11.8. The van der Waals surface area contributed by atoms with Crippen molar-refractivity contribution in [2.45, 2.75) is 0 Å². The topological polar surface area (TPSA) is 16.4 Å². The molecule has 42 heavy (non-hydrogen) atoms. The van der Waals surface area contributed by atoms with Crippen LogP contribution < -0.4 is 4.90 Å². The Balaban J connectivity index is 1.38. The molecule has 196 valence electrons. The maximum absolute atomic E-state index is 6.65. The molecule has 9 aromatic rings. The first-order valence-corrected chi connectivity index (χ1v) is 14.4. The minimum absolute atomic E-state index is 0.884. The number of fused-ring (bicyclic) bond motifs is 9. The zero-order valence-corrected chi connectivity index (χ0v) is 22.8. The predicted molar refractivity (Wildman–Crippen MR) is 178 cm³/mol. The molecule has 0 saturated heterocycles. The fourth-order valence-electron chi connectivity index (χ4n) is 6.66. The zero-order chi connectivity index (χ0) is 27.6. The van der Waals surface area contributed by atoms with Crippen molar-refractivity contribution in [1.29, 1.82) is 0 Å². The molecule has 2 nitrogen and oxygen atoms in total. The quantitative estimate of drug-likeness (QED) is 0.209. The summed E-state index contributed by atoms with van der Waals surface area (Å²) in [6.45, 7) is 0. The van der Waals surface area contributed by atoms with E-state index in [-0.39, 0.29) is 0 Å². The first kappa shape index (κ1) is 23.1. The van der Waals surface area contributed by atoms with E-state index in [1.54, 1.807) is 0 Å². The first-order valence-electron chi connectivity index (χ1n) is 14.4. The van der Waals surface area contributed by atoms with Gasteiger partial charge in [-0.05, 0) is 57.3 Å². The van der Waals surface area contributed by atoms with Crippen molar-refractivity contribution in [3.8, 4) is 0 Å². The summed E-state index contributed by atoms with van der Waals surface area (Å²) in [6, 6.07) is 54.4. The van der Waals surface area contributed by atoms with E-state index in [0.29, 0.717) is 0 Å². The third kappa shape index (κ3) is 3.39. The molecule has 0 aliphatic heterocycles. The molecule has 0 radical (unpaired) electrons. The second kappa shape index (κ2) is 8.95. The highest BCUT2D eigenvalue weighted by atomic mass is 16.3. The Morgan fingerprint density at radius 3 is 1.81 bits per heavy atom. The standard InChI is InChI=1S/C40H25NO/c1-5-15-31-26(10-1)13-9-19-37(31)41(38-24-28-12-3-4-14-30(28)33-17-7-8-18-34(33)38)29-21-23-35-36-22-20-27-11-2-6-16-32(27)40(36)42-39(35)25-29/h1-25H. The third-order valence-electron chi connectivity index (χ3n) is 8.60. The summed E-state index contributed by atoms with van der Waals surface area (Å²) in [5, 5.41) is 11.9. The number of hydrogen-bond donors (Lipinski definition) is 0. The van der Waals surface area contributed by atoms with Crippen molar-refractivity contribution in [3.05, 3.63) is 152 Å². The second-order valence-electron chi connectivity index (χ2n) is 10.9. The molecule has 0 atom stereocenters. The molecule has 0 fully saturated rings. The molecule has 1 aromatic heterocycles. The van der Waals surface area contributed by atoms with Gasteiger partial charge in [-0.3, -0.25) is 0 Å². The number of rotatable bonds is 3. The molecule has 0 N–H and O–H groups in total. The van der Waals surface area contributed by atoms with Crippen LogP contribution in [0.5, 0.6) is 0 Å². The number of hydrogen-bond acceptors (Lipinski definition) is 2. The van der Waals surface area contributed by atoms with Crippen LogP contribution in [-0.2, 0) is 0 Å². The van der Waals surface area contributed by atoms with E-state index in [2.05, 4.69) is 157 Å². The maximum Gasteiger partial charge on any atom is 0.143 e. The van der Waals surface area contributed by atoms with Crippen molar-refractivity contribution < 1.29 is 4.42 Å². The number of nitrogens with zero attached hydrogens (tertiary/aromatic N) is 1. The average Bonchev–Trinajstić information content (AvgIpc) is 3.44. The van der Waals surface area contributed by atoms with Gasteiger partial charge in [-0.1, -0.05) is 115 Å². The van der Waals surface area contributed by atoms with Crippen molar-refractivity contribution >= 4 is 82.1 Å². The molecule has 0 saturated carbocycles. The van der Waals surface area contributed by atoms with Crippen LogP contribution in [-0.4, -0.2) is 0 Å². The number of benzene rings is 8. The lowest BCUT2D eigenvalue weighted by Gasteiger charge is -2.28. The molecule has 0 aliphatic rings. The molecule has 0 spiro atoms. The highest BCUT2D eigenvalue weighted by molar-refractivity contribution is 6.17. The van der Waals surface area contributed by atoms with E-state index in [4.69, 9.17) is 4.42 Å². The summed E-state index contributed by atoms with van der Waals surface area (Å²) in [5.74, 6) is 0. The zero-order valence-electron chi connectivity index (χ0n) is 22.8. The van der Waals surface area contributed by atoms with Crippen molar-refractivity contribution in [2.75, 3.05) is 4.90 Å². The monoisotopic (exact) mass is 535 g/mol. The van der Waals surface area contributed by atoms with Crippen molar-refractivity contribution in [3.63, 3.8) is 0 Å². The Kier molecular flexibility index (Phi) is 4.93. The van der Waals surface area contributed by atoms with Gasteiger partial charge in [0.25, 0.3) is 0 Å². The molecule has 8 aromatic carbocycles. The van der Waals surface area contributed by atoms with Crippen LogP contribution in [0.2, 0.25) is 0 Å². The average molecular weight is 536 g/mol. The summed E-state index contributed by atoms with van der Waals surface area (Å²) >= 11 is 0. The van der Waals surface area contributed by atoms with Gasteiger partial charge in [0, 0.05) is 38.7 Å². The van der Waals surface area contributed by atoms with Gasteiger partial charge in [-0.25, -0.2) is 0 Å². The Morgan fingerprint density at radius 1 is 0.357 bits per heavy atom. The summed E-state index contributed by atoms with van der Waals surface area (Å²) in [6.07, 6.45) is 0. The fraction of sp³-hybridized carbons (Fsp3) is 0. The lowest BCUT2D eigenvalue weighted by molar-refractivity contribution is 0.673. The Labute approximate surface area is 242 Å². The van der Waals surface area contributed by atoms with E-state index >= 15 is 0 Å². The van der Waals surface area contributed by atoms with Crippen LogP contribution in [0.25, 0.3) is 65.0 Å². The molecule has 2 heteroatoms. The summed E-state index contributed by atoms with van der Waals surface area (Å²) in [5.41, 5.74) is 5.15. The summed E-state index contributed by atoms with van der Waals surface area (Å²) in [4.78, 5) is 2.40. The van der Waals surface area contributed by atoms with Crippen LogP contribution >= 0.6 is 0 Å². The Hall–Kier alpha value is -5.60. The van der Waals surface area contributed by atoms with Crippen LogP contribution in [0.3, 0.4) is 0 Å². The maximum atomic E-state index is 6.65. The fourth-order valence-corrected chi connectivity index (χ4v) is 6.66. The van der Waals surface area contributed by atoms with Gasteiger partial charge in [-0.2, -0.15) is 0 Å². The number of furan rings is 1. The highest BCUT2D eigenvalue weighted by Crippen LogP contribution is 2.45. The van der Waals surface area contributed by atoms with E-state index < -0.39 is 0 Å². The van der Waals surface area contributed by atoms with Crippen LogP contribution in [0, 0.1) is 0 Å². The van der Waals surface area contributed by atoms with Gasteiger partial charge in [0.2, 0.25) is 0 Å². The van der Waals surface area contributed by atoms with Crippen molar-refractivity contribution in [1.82, 2.24) is 0 Å². The first-order chi connectivity index (χ1) is 20.8. The molecular formula is C40H25NO. The highest BCUT2D eigenvalue weighted by Gasteiger charge is 2.20. The molecule has 0 aliphatic carbocycles. The third-order valence-corrected chi connectivity index (χ3v) is 8.60. The lowest BCUT2D eigenvalue weighted by Crippen LogP contribution is -2.11. The molecule has 0 amide bonds. The van der Waals surface area contributed by atoms with Gasteiger partial charge < -0.3 is 9.32 Å². The van der Waals surface area contributed by atoms with Gasteiger partial charge in [-0.15, -0.1) is 0 Å². The minimum atomic E-state index is 0.884. The van der Waals surface area contributed by atoms with Gasteiger partial charge in [0.05, 0.1) is 11.4 Å². The van der Waals surface area contributed by atoms with E-state index in [1.165, 1.54) is 37.7 Å². The molecule has 1 heterocycles. The van der Waals surface area contributed by atoms with E-state index in [9.17, 15) is 0 Å². The van der Waals surface area contributed by atoms with Gasteiger partial charge in [0.15, 0.2) is 0 Å². The smallest absolute Gasteiger partial charge is 0.143 e. The van der Waals surface area contributed by atoms with Crippen LogP contribution in [0.15, 0.2) is 156 Å². The van der Waals surface area contributed by atoms with Gasteiger partial charge in [0.1, 0.15) is 11.2 Å². The molecular weight excluding hydrogens is 510 g/mol. The predicted octanol–water partition coefficient (Wildman–Crippen LogP) is 11.7. The Bertz CT molecular complexity index is 2480. The van der Waals surface area contributed by atoms with E-state index in [1.807, 2.05) is 0 Å². The van der Waals surface area contributed by atoms with Crippen LogP contribution in [0.1, 0.15) is 0 Å². The summed E-state index contributed by atoms with van der Waals surface area (Å²) < 4.78 is 6.65. The Morgan fingerprint density at radius 2 is 0.976 bits per heavy atom. The lowest BCUT2D eigenvalue weighted by atomic mass is 9.98. The van der Waals surface area contributed by atoms with Crippen molar-refractivity contribution in [2.24, 2.45) is 0 Å². The second-order valence-corrected chi connectivity index (χ2v) is 10.9. The van der Waals surface area contributed by atoms with E-state index in [0.717, 1.165) is 44.4 Å². The van der Waals surface area contributed by atoms with Gasteiger partial charge >= 0.3 is 0 Å².